The average Bonchev–Trinajstić information content (AvgIpc) is 2.02. The number of halogens is 2. The van der Waals surface area contributed by atoms with Gasteiger partial charge in [-0.15, -0.1) is 0 Å². The molecule has 0 aliphatic rings. The summed E-state index contributed by atoms with van der Waals surface area (Å²) < 4.78 is 0. The Morgan fingerprint density at radius 3 is 2.15 bits per heavy atom. The number of nitrogens with two attached hydrogens (primary N) is 1. The standard InChI is InChI=1S/C8H10Cl2N2O/c1-12(13-2)8-6(9)3-5(11)4-7(8)10/h3-4H,11H2,1-2H3. The summed E-state index contributed by atoms with van der Waals surface area (Å²) in [5.41, 5.74) is 6.68. The minimum absolute atomic E-state index is 0.467. The number of nitrogen functional groups attached to an aromatic ring is 1. The van der Waals surface area contributed by atoms with Gasteiger partial charge in [-0.05, 0) is 12.1 Å². The maximum atomic E-state index is 5.92. The summed E-state index contributed by atoms with van der Waals surface area (Å²) >= 11 is 11.8. The molecule has 1 aromatic rings. The molecule has 0 aromatic heterocycles. The van der Waals surface area contributed by atoms with Crippen molar-refractivity contribution in [2.75, 3.05) is 25.0 Å². The Kier molecular flexibility index (Phi) is 3.25. The molecule has 1 rings (SSSR count). The summed E-state index contributed by atoms with van der Waals surface area (Å²) in [5.74, 6) is 0. The second-order valence-electron chi connectivity index (χ2n) is 2.51. The van der Waals surface area contributed by atoms with E-state index in [0.29, 0.717) is 21.4 Å². The van der Waals surface area contributed by atoms with Gasteiger partial charge in [-0.2, -0.15) is 0 Å². The number of nitrogens with zero attached hydrogens (tertiary/aromatic N) is 1. The van der Waals surface area contributed by atoms with Crippen LogP contribution in [0.3, 0.4) is 0 Å². The normalized spacial score (nSPS) is 10.2. The highest BCUT2D eigenvalue weighted by Gasteiger charge is 2.11. The fourth-order valence-corrected chi connectivity index (χ4v) is 1.72. The van der Waals surface area contributed by atoms with Gasteiger partial charge in [0.1, 0.15) is 5.69 Å². The highest BCUT2D eigenvalue weighted by Crippen LogP contribution is 2.35. The molecule has 0 aliphatic carbocycles. The lowest BCUT2D eigenvalue weighted by Crippen LogP contribution is -2.15. The van der Waals surface area contributed by atoms with Crippen LogP contribution in [-0.4, -0.2) is 14.2 Å². The first kappa shape index (κ1) is 10.4. The van der Waals surface area contributed by atoms with Crippen molar-refractivity contribution >= 4 is 34.6 Å². The smallest absolute Gasteiger partial charge is 0.101 e. The molecule has 0 atom stereocenters. The highest BCUT2D eigenvalue weighted by molar-refractivity contribution is 6.39. The average molecular weight is 221 g/mol. The molecule has 0 aliphatic heterocycles. The van der Waals surface area contributed by atoms with Crippen LogP contribution in [0.2, 0.25) is 10.0 Å². The molecule has 0 fully saturated rings. The summed E-state index contributed by atoms with van der Waals surface area (Å²) in [6.45, 7) is 0. The van der Waals surface area contributed by atoms with Crippen molar-refractivity contribution in [3.8, 4) is 0 Å². The van der Waals surface area contributed by atoms with Crippen LogP contribution >= 0.6 is 23.2 Å². The summed E-state index contributed by atoms with van der Waals surface area (Å²) in [7, 11) is 3.24. The van der Waals surface area contributed by atoms with Gasteiger partial charge >= 0.3 is 0 Å². The fourth-order valence-electron chi connectivity index (χ4n) is 0.977. The molecule has 2 N–H and O–H groups in total. The Bertz CT molecular complexity index is 294. The first-order chi connectivity index (χ1) is 6.06. The predicted molar refractivity (Wildman–Crippen MR) is 56.3 cm³/mol. The zero-order valence-electron chi connectivity index (χ0n) is 7.34. The van der Waals surface area contributed by atoms with Gasteiger partial charge in [0.25, 0.3) is 0 Å². The summed E-state index contributed by atoms with van der Waals surface area (Å²) in [6, 6.07) is 3.25. The van der Waals surface area contributed by atoms with Gasteiger partial charge in [-0.1, -0.05) is 23.2 Å². The van der Waals surface area contributed by atoms with Crippen LogP contribution in [0.1, 0.15) is 0 Å². The minimum atomic E-state index is 0.467. The zero-order chi connectivity index (χ0) is 10.0. The molecule has 0 amide bonds. The van der Waals surface area contributed by atoms with E-state index in [1.807, 2.05) is 0 Å². The maximum Gasteiger partial charge on any atom is 0.101 e. The van der Waals surface area contributed by atoms with E-state index in [2.05, 4.69) is 0 Å². The van der Waals surface area contributed by atoms with Crippen molar-refractivity contribution in [1.82, 2.24) is 0 Å². The van der Waals surface area contributed by atoms with E-state index < -0.39 is 0 Å². The Labute approximate surface area is 86.9 Å². The van der Waals surface area contributed by atoms with E-state index in [-0.39, 0.29) is 0 Å². The number of anilines is 2. The molecule has 0 spiro atoms. The van der Waals surface area contributed by atoms with E-state index in [9.17, 15) is 0 Å². The van der Waals surface area contributed by atoms with E-state index in [0.717, 1.165) is 0 Å². The van der Waals surface area contributed by atoms with Crippen LogP contribution in [0, 0.1) is 0 Å². The lowest BCUT2D eigenvalue weighted by Gasteiger charge is -2.18. The predicted octanol–water partition coefficient (Wildman–Crippen LogP) is 2.57. The molecule has 72 valence electrons. The molecular weight excluding hydrogens is 211 g/mol. The Morgan fingerprint density at radius 2 is 1.77 bits per heavy atom. The van der Waals surface area contributed by atoms with Crippen LogP contribution in [0.5, 0.6) is 0 Å². The maximum absolute atomic E-state index is 5.92. The number of hydrogen-bond acceptors (Lipinski definition) is 3. The number of hydrogen-bond donors (Lipinski definition) is 1. The van der Waals surface area contributed by atoms with Crippen LogP contribution in [-0.2, 0) is 4.84 Å². The molecule has 0 heterocycles. The highest BCUT2D eigenvalue weighted by atomic mass is 35.5. The monoisotopic (exact) mass is 220 g/mol. The van der Waals surface area contributed by atoms with Crippen molar-refractivity contribution in [3.05, 3.63) is 22.2 Å². The molecule has 0 bridgehead atoms. The van der Waals surface area contributed by atoms with Gasteiger partial charge in [-0.3, -0.25) is 9.90 Å². The van der Waals surface area contributed by atoms with Crippen LogP contribution in [0.25, 0.3) is 0 Å². The molecule has 1 aromatic carbocycles. The SMILES string of the molecule is CON(C)c1c(Cl)cc(N)cc1Cl. The van der Waals surface area contributed by atoms with Crippen molar-refractivity contribution < 1.29 is 4.84 Å². The number of hydroxylamine groups is 1. The third kappa shape index (κ3) is 2.18. The summed E-state index contributed by atoms with van der Waals surface area (Å²) in [6.07, 6.45) is 0. The molecule has 13 heavy (non-hydrogen) atoms. The topological polar surface area (TPSA) is 38.5 Å². The quantitative estimate of drug-likeness (QED) is 0.616. The van der Waals surface area contributed by atoms with Crippen LogP contribution in [0.15, 0.2) is 12.1 Å². The third-order valence-electron chi connectivity index (χ3n) is 1.63. The second kappa shape index (κ2) is 4.05. The molecular formula is C8H10Cl2N2O. The second-order valence-corrected chi connectivity index (χ2v) is 3.33. The molecule has 0 unspecified atom stereocenters. The van der Waals surface area contributed by atoms with E-state index >= 15 is 0 Å². The van der Waals surface area contributed by atoms with Crippen LogP contribution < -0.4 is 10.8 Å². The molecule has 0 radical (unpaired) electrons. The van der Waals surface area contributed by atoms with Crippen molar-refractivity contribution in [2.45, 2.75) is 0 Å². The Balaban J connectivity index is 3.20. The van der Waals surface area contributed by atoms with Gasteiger partial charge < -0.3 is 5.73 Å². The Morgan fingerprint density at radius 1 is 1.31 bits per heavy atom. The van der Waals surface area contributed by atoms with Gasteiger partial charge in [0.05, 0.1) is 17.2 Å². The summed E-state index contributed by atoms with van der Waals surface area (Å²) in [5, 5.41) is 2.41. The van der Waals surface area contributed by atoms with Gasteiger partial charge in [0.15, 0.2) is 0 Å². The molecule has 0 saturated heterocycles. The van der Waals surface area contributed by atoms with Gasteiger partial charge in [0.2, 0.25) is 0 Å². The Hall–Kier alpha value is -0.640. The first-order valence-corrected chi connectivity index (χ1v) is 4.34. The van der Waals surface area contributed by atoms with E-state index in [1.54, 1.807) is 19.2 Å². The first-order valence-electron chi connectivity index (χ1n) is 3.58. The number of benzene rings is 1. The van der Waals surface area contributed by atoms with Crippen molar-refractivity contribution in [1.29, 1.82) is 0 Å². The summed E-state index contributed by atoms with van der Waals surface area (Å²) in [4.78, 5) is 4.96. The largest absolute Gasteiger partial charge is 0.399 e. The minimum Gasteiger partial charge on any atom is -0.399 e. The lowest BCUT2D eigenvalue weighted by molar-refractivity contribution is 0.185. The van der Waals surface area contributed by atoms with Crippen molar-refractivity contribution in [2.24, 2.45) is 0 Å². The molecule has 3 nitrogen and oxygen atoms in total. The van der Waals surface area contributed by atoms with Crippen LogP contribution in [0.4, 0.5) is 11.4 Å². The van der Waals surface area contributed by atoms with Gasteiger partial charge in [-0.25, -0.2) is 0 Å². The van der Waals surface area contributed by atoms with E-state index in [1.165, 1.54) is 12.2 Å². The zero-order valence-corrected chi connectivity index (χ0v) is 8.86. The molecule has 0 saturated carbocycles. The lowest BCUT2D eigenvalue weighted by atomic mass is 10.3. The molecule has 5 heteroatoms. The van der Waals surface area contributed by atoms with Crippen molar-refractivity contribution in [3.63, 3.8) is 0 Å². The van der Waals surface area contributed by atoms with E-state index in [4.69, 9.17) is 33.8 Å². The third-order valence-corrected chi connectivity index (χ3v) is 2.20. The van der Waals surface area contributed by atoms with Gasteiger partial charge in [0, 0.05) is 12.7 Å². The fraction of sp³-hybridized carbons (Fsp3) is 0.250. The number of rotatable bonds is 2.